The lowest BCUT2D eigenvalue weighted by Crippen LogP contribution is -2.31. The molecule has 1 fully saturated rings. The molecule has 164 valence electrons. The summed E-state index contributed by atoms with van der Waals surface area (Å²) in [5, 5.41) is 11.1. The first-order valence-electron chi connectivity index (χ1n) is 10.1. The number of methoxy groups -OCH3 is 2. The van der Waals surface area contributed by atoms with Crippen LogP contribution in [0.3, 0.4) is 0 Å². The lowest BCUT2D eigenvalue weighted by Gasteiger charge is -2.26. The maximum absolute atomic E-state index is 13.0. The fraction of sp³-hybridized carbons (Fsp3) is 0.333. The fourth-order valence-electron chi connectivity index (χ4n) is 3.72. The SMILES string of the molecule is COCCCN1C(=O)C(=O)C(=C(O)c2cccc(OC)c2)[C@@H]1c1ccc(N(C)C)cc1. The first-order chi connectivity index (χ1) is 14.9. The van der Waals surface area contributed by atoms with Crippen molar-refractivity contribution < 1.29 is 24.2 Å². The monoisotopic (exact) mass is 424 g/mol. The minimum atomic E-state index is -0.695. The molecule has 0 aliphatic carbocycles. The predicted molar refractivity (Wildman–Crippen MR) is 119 cm³/mol. The zero-order chi connectivity index (χ0) is 22.5. The number of amides is 1. The summed E-state index contributed by atoms with van der Waals surface area (Å²) in [7, 11) is 7.00. The van der Waals surface area contributed by atoms with E-state index in [1.165, 1.54) is 12.0 Å². The number of rotatable bonds is 8. The third-order valence-electron chi connectivity index (χ3n) is 5.36. The van der Waals surface area contributed by atoms with Gasteiger partial charge < -0.3 is 24.4 Å². The van der Waals surface area contributed by atoms with Crippen LogP contribution in [0.4, 0.5) is 5.69 Å². The number of carbonyl (C=O) groups excluding carboxylic acids is 2. The van der Waals surface area contributed by atoms with Crippen LogP contribution in [0.5, 0.6) is 5.75 Å². The van der Waals surface area contributed by atoms with E-state index >= 15 is 0 Å². The molecule has 0 saturated carbocycles. The van der Waals surface area contributed by atoms with Crippen molar-refractivity contribution in [1.82, 2.24) is 4.90 Å². The molecule has 1 aliphatic heterocycles. The van der Waals surface area contributed by atoms with Gasteiger partial charge in [-0.2, -0.15) is 0 Å². The van der Waals surface area contributed by atoms with Crippen LogP contribution in [0.1, 0.15) is 23.6 Å². The van der Waals surface area contributed by atoms with Gasteiger partial charge >= 0.3 is 0 Å². The molecule has 0 spiro atoms. The number of ketones is 1. The molecule has 7 heteroatoms. The smallest absolute Gasteiger partial charge is 0.295 e. The lowest BCUT2D eigenvalue weighted by molar-refractivity contribution is -0.140. The van der Waals surface area contributed by atoms with Crippen LogP contribution < -0.4 is 9.64 Å². The number of carbonyl (C=O) groups is 2. The predicted octanol–water partition coefficient (Wildman–Crippen LogP) is 3.22. The molecule has 0 radical (unpaired) electrons. The molecule has 1 atom stereocenters. The van der Waals surface area contributed by atoms with Gasteiger partial charge in [-0.25, -0.2) is 0 Å². The highest BCUT2D eigenvalue weighted by Gasteiger charge is 2.45. The van der Waals surface area contributed by atoms with Crippen LogP contribution in [0, 0.1) is 0 Å². The summed E-state index contributed by atoms with van der Waals surface area (Å²) in [6.07, 6.45) is 0.578. The van der Waals surface area contributed by atoms with E-state index in [2.05, 4.69) is 0 Å². The van der Waals surface area contributed by atoms with E-state index in [-0.39, 0.29) is 11.3 Å². The van der Waals surface area contributed by atoms with Gasteiger partial charge in [0, 0.05) is 45.6 Å². The van der Waals surface area contributed by atoms with Crippen LogP contribution in [0.2, 0.25) is 0 Å². The summed E-state index contributed by atoms with van der Waals surface area (Å²) in [5.74, 6) is -0.986. The van der Waals surface area contributed by atoms with Gasteiger partial charge in [-0.05, 0) is 36.2 Å². The number of benzene rings is 2. The highest BCUT2D eigenvalue weighted by molar-refractivity contribution is 6.46. The largest absolute Gasteiger partial charge is 0.507 e. The van der Waals surface area contributed by atoms with E-state index in [1.807, 2.05) is 43.3 Å². The second-order valence-corrected chi connectivity index (χ2v) is 7.56. The Morgan fingerprint density at radius 1 is 1.10 bits per heavy atom. The van der Waals surface area contributed by atoms with Gasteiger partial charge in [0.15, 0.2) is 0 Å². The quantitative estimate of drug-likeness (QED) is 0.303. The van der Waals surface area contributed by atoms with Crippen molar-refractivity contribution in [2.45, 2.75) is 12.5 Å². The van der Waals surface area contributed by atoms with Crippen molar-refractivity contribution in [3.05, 3.63) is 65.2 Å². The molecule has 1 aliphatic rings. The first kappa shape index (κ1) is 22.4. The number of Topliss-reactive ketones (excluding diaryl/α,β-unsaturated/α-hetero) is 1. The molecule has 2 aromatic carbocycles. The summed E-state index contributed by atoms with van der Waals surface area (Å²) in [5.41, 5.74) is 2.25. The number of nitrogens with zero attached hydrogens (tertiary/aromatic N) is 2. The number of anilines is 1. The van der Waals surface area contributed by atoms with E-state index in [1.54, 1.807) is 31.4 Å². The Morgan fingerprint density at radius 2 is 1.81 bits per heavy atom. The molecule has 0 unspecified atom stereocenters. The standard InChI is InChI=1S/C24H28N2O5/c1-25(2)18-11-9-16(10-12-18)21-20(22(27)17-7-5-8-19(15-17)31-4)23(28)24(29)26(21)13-6-14-30-3/h5,7-12,15,21,27H,6,13-14H2,1-4H3/t21-/m0/s1. The maximum atomic E-state index is 13.0. The highest BCUT2D eigenvalue weighted by Crippen LogP contribution is 2.40. The van der Waals surface area contributed by atoms with Crippen molar-refractivity contribution in [2.75, 3.05) is 46.4 Å². The van der Waals surface area contributed by atoms with Crippen LogP contribution in [-0.2, 0) is 14.3 Å². The Hall–Kier alpha value is -3.32. The first-order valence-corrected chi connectivity index (χ1v) is 10.1. The lowest BCUT2D eigenvalue weighted by atomic mass is 9.95. The Kier molecular flexibility index (Phi) is 6.97. The van der Waals surface area contributed by atoms with Crippen molar-refractivity contribution in [3.63, 3.8) is 0 Å². The van der Waals surface area contributed by atoms with Crippen LogP contribution in [0.25, 0.3) is 5.76 Å². The number of aliphatic hydroxyl groups is 1. The highest BCUT2D eigenvalue weighted by atomic mass is 16.5. The van der Waals surface area contributed by atoms with E-state index < -0.39 is 17.7 Å². The zero-order valence-corrected chi connectivity index (χ0v) is 18.3. The molecule has 3 rings (SSSR count). The molecule has 7 nitrogen and oxygen atoms in total. The molecule has 1 N–H and O–H groups in total. The average molecular weight is 424 g/mol. The van der Waals surface area contributed by atoms with Crippen LogP contribution in [0.15, 0.2) is 54.1 Å². The summed E-state index contributed by atoms with van der Waals surface area (Å²) >= 11 is 0. The third-order valence-corrected chi connectivity index (χ3v) is 5.36. The maximum Gasteiger partial charge on any atom is 0.295 e. The molecule has 1 amide bonds. The Morgan fingerprint density at radius 3 is 2.42 bits per heavy atom. The normalized spacial score (nSPS) is 17.8. The van der Waals surface area contributed by atoms with E-state index in [4.69, 9.17) is 9.47 Å². The number of hydrogen-bond acceptors (Lipinski definition) is 6. The minimum Gasteiger partial charge on any atom is -0.507 e. The molecule has 0 aromatic heterocycles. The summed E-state index contributed by atoms with van der Waals surface area (Å²) in [6, 6.07) is 13.7. The van der Waals surface area contributed by atoms with E-state index in [9.17, 15) is 14.7 Å². The third kappa shape index (κ3) is 4.56. The second-order valence-electron chi connectivity index (χ2n) is 7.56. The van der Waals surface area contributed by atoms with Crippen molar-refractivity contribution >= 4 is 23.1 Å². The van der Waals surface area contributed by atoms with Crippen molar-refractivity contribution in [2.24, 2.45) is 0 Å². The molecule has 2 aromatic rings. The van der Waals surface area contributed by atoms with Crippen LogP contribution >= 0.6 is 0 Å². The van der Waals surface area contributed by atoms with E-state index in [0.29, 0.717) is 30.9 Å². The Bertz CT molecular complexity index is 982. The van der Waals surface area contributed by atoms with Gasteiger partial charge in [-0.15, -0.1) is 0 Å². The number of ether oxygens (including phenoxy) is 2. The zero-order valence-electron chi connectivity index (χ0n) is 18.3. The molecule has 1 saturated heterocycles. The van der Waals surface area contributed by atoms with Crippen molar-refractivity contribution in [3.8, 4) is 5.75 Å². The number of aliphatic hydroxyl groups excluding tert-OH is 1. The summed E-state index contributed by atoms with van der Waals surface area (Å²) in [4.78, 5) is 29.4. The molecule has 0 bridgehead atoms. The molecule has 31 heavy (non-hydrogen) atoms. The van der Waals surface area contributed by atoms with Gasteiger partial charge in [0.2, 0.25) is 0 Å². The summed E-state index contributed by atoms with van der Waals surface area (Å²) in [6.45, 7) is 0.804. The van der Waals surface area contributed by atoms with Gasteiger partial charge in [0.25, 0.3) is 11.7 Å². The topological polar surface area (TPSA) is 79.3 Å². The molecular formula is C24H28N2O5. The molecule has 1 heterocycles. The number of likely N-dealkylation sites (tertiary alicyclic amines) is 1. The van der Waals surface area contributed by atoms with Gasteiger partial charge in [0.1, 0.15) is 11.5 Å². The molecular weight excluding hydrogens is 396 g/mol. The van der Waals surface area contributed by atoms with E-state index in [0.717, 1.165) is 11.3 Å². The van der Waals surface area contributed by atoms with Crippen LogP contribution in [-0.4, -0.2) is 63.2 Å². The second kappa shape index (κ2) is 9.66. The van der Waals surface area contributed by atoms with Crippen molar-refractivity contribution in [1.29, 1.82) is 0 Å². The Labute approximate surface area is 182 Å². The van der Waals surface area contributed by atoms with Gasteiger partial charge in [0.05, 0.1) is 18.7 Å². The number of hydrogen-bond donors (Lipinski definition) is 1. The van der Waals surface area contributed by atoms with Gasteiger partial charge in [-0.3, -0.25) is 9.59 Å². The summed E-state index contributed by atoms with van der Waals surface area (Å²) < 4.78 is 10.3. The Balaban J connectivity index is 2.11. The minimum absolute atomic E-state index is 0.0771. The fourth-order valence-corrected chi connectivity index (χ4v) is 3.72. The average Bonchev–Trinajstić information content (AvgIpc) is 3.03. The van der Waals surface area contributed by atoms with Gasteiger partial charge in [-0.1, -0.05) is 24.3 Å².